The number of H-pyrrole nitrogens is 1. The summed E-state index contributed by atoms with van der Waals surface area (Å²) < 4.78 is 5.18. The van der Waals surface area contributed by atoms with Crippen LogP contribution in [0.3, 0.4) is 0 Å². The molecule has 3 rings (SSSR count). The van der Waals surface area contributed by atoms with E-state index in [4.69, 9.17) is 27.9 Å². The Kier molecular flexibility index (Phi) is 3.63. The van der Waals surface area contributed by atoms with Crippen molar-refractivity contribution in [2.45, 2.75) is 13.0 Å². The Bertz CT molecular complexity index is 631. The fourth-order valence-electron chi connectivity index (χ4n) is 2.56. The SMILES string of the molecule is COc1c(Cl)cc(-c2n[nH]c3c2CN(C)CC3)cc1Cl. The van der Waals surface area contributed by atoms with Gasteiger partial charge < -0.3 is 9.64 Å². The number of rotatable bonds is 2. The predicted molar refractivity (Wildman–Crippen MR) is 80.6 cm³/mol. The van der Waals surface area contributed by atoms with Gasteiger partial charge in [0, 0.05) is 36.3 Å². The van der Waals surface area contributed by atoms with Gasteiger partial charge in [0.25, 0.3) is 0 Å². The van der Waals surface area contributed by atoms with Gasteiger partial charge in [-0.3, -0.25) is 5.10 Å². The van der Waals surface area contributed by atoms with Crippen LogP contribution in [0.15, 0.2) is 12.1 Å². The van der Waals surface area contributed by atoms with Crippen LogP contribution in [0.1, 0.15) is 11.3 Å². The molecule has 0 radical (unpaired) electrons. The van der Waals surface area contributed by atoms with Crippen molar-refractivity contribution < 1.29 is 4.74 Å². The summed E-state index contributed by atoms with van der Waals surface area (Å²) in [6.45, 7) is 1.92. The van der Waals surface area contributed by atoms with E-state index < -0.39 is 0 Å². The second kappa shape index (κ2) is 5.28. The summed E-state index contributed by atoms with van der Waals surface area (Å²) in [5.41, 5.74) is 4.24. The number of halogens is 2. The molecule has 6 heteroatoms. The number of aromatic amines is 1. The largest absolute Gasteiger partial charge is 0.494 e. The average Bonchev–Trinajstić information content (AvgIpc) is 2.81. The van der Waals surface area contributed by atoms with Crippen molar-refractivity contribution in [2.24, 2.45) is 0 Å². The first-order valence-corrected chi connectivity index (χ1v) is 7.13. The fraction of sp³-hybridized carbons (Fsp3) is 0.357. The van der Waals surface area contributed by atoms with Crippen LogP contribution in [0.4, 0.5) is 0 Å². The van der Waals surface area contributed by atoms with Gasteiger partial charge in [0.15, 0.2) is 5.75 Å². The molecule has 2 aromatic rings. The van der Waals surface area contributed by atoms with Crippen molar-refractivity contribution in [1.29, 1.82) is 0 Å². The Labute approximate surface area is 127 Å². The number of nitrogens with zero attached hydrogens (tertiary/aromatic N) is 2. The molecule has 1 N–H and O–H groups in total. The highest BCUT2D eigenvalue weighted by atomic mass is 35.5. The van der Waals surface area contributed by atoms with E-state index in [1.807, 2.05) is 12.1 Å². The van der Waals surface area contributed by atoms with E-state index in [9.17, 15) is 0 Å². The van der Waals surface area contributed by atoms with Gasteiger partial charge >= 0.3 is 0 Å². The molecule has 0 amide bonds. The molecule has 1 aliphatic heterocycles. The molecule has 1 aromatic carbocycles. The zero-order chi connectivity index (χ0) is 14.3. The number of fused-ring (bicyclic) bond motifs is 1. The third kappa shape index (κ3) is 2.28. The Balaban J connectivity index is 2.08. The number of aromatic nitrogens is 2. The van der Waals surface area contributed by atoms with Gasteiger partial charge in [-0.05, 0) is 19.2 Å². The van der Waals surface area contributed by atoms with E-state index in [1.165, 1.54) is 11.3 Å². The van der Waals surface area contributed by atoms with E-state index in [0.717, 1.165) is 30.8 Å². The number of hydrogen-bond donors (Lipinski definition) is 1. The summed E-state index contributed by atoms with van der Waals surface area (Å²) >= 11 is 12.4. The van der Waals surface area contributed by atoms with E-state index in [2.05, 4.69) is 22.1 Å². The number of likely N-dealkylation sites (N-methyl/N-ethyl adjacent to an activating group) is 1. The maximum absolute atomic E-state index is 6.21. The van der Waals surface area contributed by atoms with Crippen LogP contribution < -0.4 is 4.74 Å². The monoisotopic (exact) mass is 311 g/mol. The molecule has 0 unspecified atom stereocenters. The molecule has 0 aliphatic carbocycles. The lowest BCUT2D eigenvalue weighted by molar-refractivity contribution is 0.312. The van der Waals surface area contributed by atoms with Crippen LogP contribution >= 0.6 is 23.2 Å². The summed E-state index contributed by atoms with van der Waals surface area (Å²) in [5, 5.41) is 8.54. The summed E-state index contributed by atoms with van der Waals surface area (Å²) in [7, 11) is 3.66. The first-order valence-electron chi connectivity index (χ1n) is 6.38. The number of benzene rings is 1. The quantitative estimate of drug-likeness (QED) is 0.924. The van der Waals surface area contributed by atoms with Crippen LogP contribution in [0, 0.1) is 0 Å². The second-order valence-electron chi connectivity index (χ2n) is 4.99. The first-order chi connectivity index (χ1) is 9.60. The molecular weight excluding hydrogens is 297 g/mol. The highest BCUT2D eigenvalue weighted by molar-refractivity contribution is 6.37. The van der Waals surface area contributed by atoms with Gasteiger partial charge in [0.1, 0.15) is 0 Å². The average molecular weight is 312 g/mol. The van der Waals surface area contributed by atoms with E-state index in [1.54, 1.807) is 7.11 Å². The fourth-order valence-corrected chi connectivity index (χ4v) is 3.20. The molecule has 0 fully saturated rings. The van der Waals surface area contributed by atoms with Crippen LogP contribution in [-0.4, -0.2) is 35.8 Å². The van der Waals surface area contributed by atoms with Crippen molar-refractivity contribution in [3.05, 3.63) is 33.4 Å². The molecule has 0 spiro atoms. The van der Waals surface area contributed by atoms with Gasteiger partial charge in [0.2, 0.25) is 0 Å². The minimum atomic E-state index is 0.496. The van der Waals surface area contributed by atoms with Gasteiger partial charge in [-0.25, -0.2) is 0 Å². The Hall–Kier alpha value is -1.23. The Morgan fingerprint density at radius 3 is 2.65 bits per heavy atom. The zero-order valence-electron chi connectivity index (χ0n) is 11.3. The van der Waals surface area contributed by atoms with Gasteiger partial charge in [-0.1, -0.05) is 23.2 Å². The van der Waals surface area contributed by atoms with Crippen molar-refractivity contribution in [3.8, 4) is 17.0 Å². The van der Waals surface area contributed by atoms with E-state index in [0.29, 0.717) is 15.8 Å². The molecule has 1 aromatic heterocycles. The van der Waals surface area contributed by atoms with Crippen molar-refractivity contribution in [3.63, 3.8) is 0 Å². The molecule has 0 bridgehead atoms. The number of hydrogen-bond acceptors (Lipinski definition) is 3. The number of ether oxygens (including phenoxy) is 1. The Morgan fingerprint density at radius 2 is 2.00 bits per heavy atom. The van der Waals surface area contributed by atoms with Crippen molar-refractivity contribution in [1.82, 2.24) is 15.1 Å². The van der Waals surface area contributed by atoms with E-state index >= 15 is 0 Å². The molecule has 2 heterocycles. The van der Waals surface area contributed by atoms with Crippen LogP contribution in [0.5, 0.6) is 5.75 Å². The smallest absolute Gasteiger partial charge is 0.156 e. The first kappa shape index (κ1) is 13.7. The lowest BCUT2D eigenvalue weighted by Crippen LogP contribution is -2.26. The Morgan fingerprint density at radius 1 is 1.30 bits per heavy atom. The van der Waals surface area contributed by atoms with Crippen molar-refractivity contribution >= 4 is 23.2 Å². The lowest BCUT2D eigenvalue weighted by atomic mass is 10.0. The van der Waals surface area contributed by atoms with Gasteiger partial charge in [-0.2, -0.15) is 5.10 Å². The maximum Gasteiger partial charge on any atom is 0.156 e. The molecule has 0 atom stereocenters. The topological polar surface area (TPSA) is 41.1 Å². The van der Waals surface area contributed by atoms with Gasteiger partial charge in [0.05, 0.1) is 22.8 Å². The molecule has 0 saturated carbocycles. The number of nitrogens with one attached hydrogen (secondary N) is 1. The predicted octanol–water partition coefficient (Wildman–Crippen LogP) is 3.38. The summed E-state index contributed by atoms with van der Waals surface area (Å²) in [4.78, 5) is 2.27. The standard InChI is InChI=1S/C14H15Cl2N3O/c1-19-4-3-12-9(7-19)13(18-17-12)8-5-10(15)14(20-2)11(16)6-8/h5-6H,3-4,7H2,1-2H3,(H,17,18). The third-order valence-corrected chi connectivity index (χ3v) is 4.16. The number of methoxy groups -OCH3 is 1. The minimum Gasteiger partial charge on any atom is -0.494 e. The highest BCUT2D eigenvalue weighted by Gasteiger charge is 2.22. The summed E-state index contributed by atoms with van der Waals surface area (Å²) in [5.74, 6) is 0.499. The van der Waals surface area contributed by atoms with E-state index in [-0.39, 0.29) is 0 Å². The van der Waals surface area contributed by atoms with Crippen molar-refractivity contribution in [2.75, 3.05) is 20.7 Å². The highest BCUT2D eigenvalue weighted by Crippen LogP contribution is 2.38. The van der Waals surface area contributed by atoms with Crippen LogP contribution in [-0.2, 0) is 13.0 Å². The third-order valence-electron chi connectivity index (χ3n) is 3.60. The molecule has 106 valence electrons. The molecular formula is C14H15Cl2N3O. The second-order valence-corrected chi connectivity index (χ2v) is 5.80. The van der Waals surface area contributed by atoms with Crippen LogP contribution in [0.2, 0.25) is 10.0 Å². The van der Waals surface area contributed by atoms with Gasteiger partial charge in [-0.15, -0.1) is 0 Å². The minimum absolute atomic E-state index is 0.496. The molecule has 1 aliphatic rings. The summed E-state index contributed by atoms with van der Waals surface area (Å²) in [6.07, 6.45) is 0.983. The molecule has 20 heavy (non-hydrogen) atoms. The van der Waals surface area contributed by atoms with Crippen LogP contribution in [0.25, 0.3) is 11.3 Å². The maximum atomic E-state index is 6.21. The molecule has 4 nitrogen and oxygen atoms in total. The molecule has 0 saturated heterocycles. The zero-order valence-corrected chi connectivity index (χ0v) is 12.8. The summed E-state index contributed by atoms with van der Waals surface area (Å²) in [6, 6.07) is 3.69. The lowest BCUT2D eigenvalue weighted by Gasteiger charge is -2.22. The normalized spacial score (nSPS) is 15.2.